The van der Waals surface area contributed by atoms with Gasteiger partial charge in [-0.3, -0.25) is 14.4 Å². The lowest BCUT2D eigenvalue weighted by Gasteiger charge is -2.06. The lowest BCUT2D eigenvalue weighted by molar-refractivity contribution is -0.139. The maximum atomic E-state index is 12.7. The van der Waals surface area contributed by atoms with Crippen molar-refractivity contribution in [2.24, 2.45) is 0 Å². The van der Waals surface area contributed by atoms with E-state index in [1.807, 2.05) is 0 Å². The minimum atomic E-state index is -0.752. The Hall–Kier alpha value is -2.44. The third kappa shape index (κ3) is 5.94. The molecule has 0 spiro atoms. The average molecular weight is 281 g/mol. The lowest BCUT2D eigenvalue weighted by atomic mass is 10.2. The van der Waals surface area contributed by atoms with Crippen molar-refractivity contribution in [2.75, 3.05) is 13.1 Å². The number of carbonyl (C=O) groups is 3. The average Bonchev–Trinajstić information content (AvgIpc) is 2.46. The van der Waals surface area contributed by atoms with Gasteiger partial charge in [-0.15, -0.1) is 0 Å². The van der Waals surface area contributed by atoms with Crippen LogP contribution in [0.3, 0.4) is 0 Å². The number of amides is 3. The molecule has 3 amide bonds. The molecule has 108 valence electrons. The predicted molar refractivity (Wildman–Crippen MR) is 69.9 cm³/mol. The molecule has 0 bridgehead atoms. The topological polar surface area (TPSA) is 87.3 Å². The first-order chi connectivity index (χ1) is 9.63. The standard InChI is InChI=1S/C13H16FN3O3/c14-11-4-2-10(3-5-11)8-17-13(20)12(19)16-7-1-6-15-9-18/h2-5,9H,1,6-8H2,(H,15,18)(H,16,19)(H,17,20). The Morgan fingerprint density at radius 2 is 1.70 bits per heavy atom. The summed E-state index contributed by atoms with van der Waals surface area (Å²) in [5.74, 6) is -1.85. The van der Waals surface area contributed by atoms with Crippen molar-refractivity contribution >= 4 is 18.2 Å². The Labute approximate surface area is 115 Å². The molecule has 1 aromatic carbocycles. The summed E-state index contributed by atoms with van der Waals surface area (Å²) in [5.41, 5.74) is 0.697. The first kappa shape index (κ1) is 15.6. The first-order valence-corrected chi connectivity index (χ1v) is 6.11. The zero-order valence-electron chi connectivity index (χ0n) is 10.8. The van der Waals surface area contributed by atoms with Crippen molar-refractivity contribution in [1.82, 2.24) is 16.0 Å². The first-order valence-electron chi connectivity index (χ1n) is 6.11. The maximum absolute atomic E-state index is 12.7. The van der Waals surface area contributed by atoms with Crippen LogP contribution in [0, 0.1) is 5.82 Å². The second kappa shape index (κ2) is 8.63. The van der Waals surface area contributed by atoms with E-state index in [0.717, 1.165) is 0 Å². The van der Waals surface area contributed by atoms with Crippen LogP contribution in [0.2, 0.25) is 0 Å². The molecule has 20 heavy (non-hydrogen) atoms. The highest BCUT2D eigenvalue weighted by molar-refractivity contribution is 6.35. The highest BCUT2D eigenvalue weighted by Crippen LogP contribution is 2.01. The molecule has 1 aromatic rings. The van der Waals surface area contributed by atoms with Crippen LogP contribution in [0.15, 0.2) is 24.3 Å². The van der Waals surface area contributed by atoms with E-state index < -0.39 is 11.8 Å². The fraction of sp³-hybridized carbons (Fsp3) is 0.308. The molecule has 0 aliphatic heterocycles. The minimum Gasteiger partial charge on any atom is -0.359 e. The zero-order valence-corrected chi connectivity index (χ0v) is 10.8. The number of benzene rings is 1. The molecule has 0 aliphatic rings. The maximum Gasteiger partial charge on any atom is 0.309 e. The Morgan fingerprint density at radius 1 is 1.05 bits per heavy atom. The van der Waals surface area contributed by atoms with Crippen LogP contribution >= 0.6 is 0 Å². The van der Waals surface area contributed by atoms with Gasteiger partial charge in [0.2, 0.25) is 6.41 Å². The van der Waals surface area contributed by atoms with Gasteiger partial charge in [-0.05, 0) is 24.1 Å². The molecule has 7 heteroatoms. The third-order valence-electron chi connectivity index (χ3n) is 2.44. The number of carbonyl (C=O) groups excluding carboxylic acids is 3. The van der Waals surface area contributed by atoms with Crippen LogP contribution < -0.4 is 16.0 Å². The molecule has 1 rings (SSSR count). The molecular formula is C13H16FN3O3. The van der Waals surface area contributed by atoms with Crippen molar-refractivity contribution in [3.05, 3.63) is 35.6 Å². The van der Waals surface area contributed by atoms with E-state index in [0.29, 0.717) is 31.5 Å². The zero-order chi connectivity index (χ0) is 14.8. The van der Waals surface area contributed by atoms with Gasteiger partial charge >= 0.3 is 11.8 Å². The van der Waals surface area contributed by atoms with Crippen molar-refractivity contribution in [1.29, 1.82) is 0 Å². The van der Waals surface area contributed by atoms with Gasteiger partial charge in [0.15, 0.2) is 0 Å². The SMILES string of the molecule is O=CNCCCNC(=O)C(=O)NCc1ccc(F)cc1. The Morgan fingerprint density at radius 3 is 2.35 bits per heavy atom. The van der Waals surface area contributed by atoms with E-state index >= 15 is 0 Å². The summed E-state index contributed by atoms with van der Waals surface area (Å²) in [6.45, 7) is 0.879. The van der Waals surface area contributed by atoms with Crippen LogP contribution in [0.4, 0.5) is 4.39 Å². The molecule has 0 radical (unpaired) electrons. The molecule has 0 aromatic heterocycles. The van der Waals surface area contributed by atoms with Gasteiger partial charge in [-0.1, -0.05) is 12.1 Å². The molecule has 6 nitrogen and oxygen atoms in total. The van der Waals surface area contributed by atoms with Crippen LogP contribution in [-0.2, 0) is 20.9 Å². The van der Waals surface area contributed by atoms with E-state index in [1.54, 1.807) is 0 Å². The van der Waals surface area contributed by atoms with Gasteiger partial charge < -0.3 is 16.0 Å². The van der Waals surface area contributed by atoms with Crippen molar-refractivity contribution in [3.63, 3.8) is 0 Å². The quantitative estimate of drug-likeness (QED) is 0.364. The fourth-order valence-corrected chi connectivity index (χ4v) is 1.40. The number of nitrogens with one attached hydrogen (secondary N) is 3. The summed E-state index contributed by atoms with van der Waals surface area (Å²) in [6, 6.07) is 5.61. The van der Waals surface area contributed by atoms with Crippen molar-refractivity contribution in [3.8, 4) is 0 Å². The number of hydrogen-bond acceptors (Lipinski definition) is 3. The van der Waals surface area contributed by atoms with Gasteiger partial charge in [-0.25, -0.2) is 4.39 Å². The number of rotatable bonds is 7. The van der Waals surface area contributed by atoms with Crippen molar-refractivity contribution < 1.29 is 18.8 Å². The Kier molecular flexibility index (Phi) is 6.74. The van der Waals surface area contributed by atoms with E-state index in [-0.39, 0.29) is 12.4 Å². The van der Waals surface area contributed by atoms with E-state index in [9.17, 15) is 18.8 Å². The second-order valence-electron chi connectivity index (χ2n) is 3.99. The molecule has 0 unspecified atom stereocenters. The summed E-state index contributed by atoms with van der Waals surface area (Å²) in [5, 5.41) is 7.28. The van der Waals surface area contributed by atoms with Crippen molar-refractivity contribution in [2.45, 2.75) is 13.0 Å². The smallest absolute Gasteiger partial charge is 0.309 e. The van der Waals surface area contributed by atoms with Gasteiger partial charge in [0.25, 0.3) is 0 Å². The van der Waals surface area contributed by atoms with E-state index in [2.05, 4.69) is 16.0 Å². The van der Waals surface area contributed by atoms with Crippen LogP contribution in [0.25, 0.3) is 0 Å². The number of hydrogen-bond donors (Lipinski definition) is 3. The van der Waals surface area contributed by atoms with Crippen LogP contribution in [0.1, 0.15) is 12.0 Å². The fourth-order valence-electron chi connectivity index (χ4n) is 1.40. The molecule has 0 fully saturated rings. The third-order valence-corrected chi connectivity index (χ3v) is 2.44. The predicted octanol–water partition coefficient (Wildman–Crippen LogP) is -0.306. The molecule has 0 saturated carbocycles. The molecule has 0 saturated heterocycles. The van der Waals surface area contributed by atoms with Gasteiger partial charge in [0.1, 0.15) is 5.82 Å². The highest BCUT2D eigenvalue weighted by Gasteiger charge is 2.11. The van der Waals surface area contributed by atoms with Gasteiger partial charge in [-0.2, -0.15) is 0 Å². The highest BCUT2D eigenvalue weighted by atomic mass is 19.1. The molecular weight excluding hydrogens is 265 g/mol. The summed E-state index contributed by atoms with van der Waals surface area (Å²) < 4.78 is 12.7. The summed E-state index contributed by atoms with van der Waals surface area (Å²) in [7, 11) is 0. The van der Waals surface area contributed by atoms with Gasteiger partial charge in [0.05, 0.1) is 0 Å². The number of halogens is 1. The molecule has 3 N–H and O–H groups in total. The summed E-state index contributed by atoms with van der Waals surface area (Å²) >= 11 is 0. The minimum absolute atomic E-state index is 0.152. The Bertz CT molecular complexity index is 462. The second-order valence-corrected chi connectivity index (χ2v) is 3.99. The largest absolute Gasteiger partial charge is 0.359 e. The lowest BCUT2D eigenvalue weighted by Crippen LogP contribution is -2.40. The Balaban J connectivity index is 2.22. The molecule has 0 heterocycles. The van der Waals surface area contributed by atoms with Crippen LogP contribution in [-0.4, -0.2) is 31.3 Å². The normalized spacial score (nSPS) is 9.65. The molecule has 0 aliphatic carbocycles. The summed E-state index contributed by atoms with van der Waals surface area (Å²) in [6.07, 6.45) is 1.10. The van der Waals surface area contributed by atoms with Crippen LogP contribution in [0.5, 0.6) is 0 Å². The van der Waals surface area contributed by atoms with E-state index in [1.165, 1.54) is 24.3 Å². The van der Waals surface area contributed by atoms with E-state index in [4.69, 9.17) is 0 Å². The monoisotopic (exact) mass is 281 g/mol. The molecule has 0 atom stereocenters. The van der Waals surface area contributed by atoms with Gasteiger partial charge in [0, 0.05) is 19.6 Å². The summed E-state index contributed by atoms with van der Waals surface area (Å²) in [4.78, 5) is 32.8.